The first-order valence-electron chi connectivity index (χ1n) is 8.22. The molecule has 1 N–H and O–H groups in total. The molecule has 0 aliphatic heterocycles. The molecule has 0 saturated heterocycles. The van der Waals surface area contributed by atoms with Gasteiger partial charge in [-0.15, -0.1) is 0 Å². The number of nitrogens with one attached hydrogen (secondary N) is 1. The first-order chi connectivity index (χ1) is 10.1. The highest BCUT2D eigenvalue weighted by Gasteiger charge is 2.23. The fourth-order valence-corrected chi connectivity index (χ4v) is 3.11. The van der Waals surface area contributed by atoms with E-state index in [9.17, 15) is 4.79 Å². The van der Waals surface area contributed by atoms with Crippen LogP contribution in [0.5, 0.6) is 0 Å². The van der Waals surface area contributed by atoms with Crippen LogP contribution in [-0.4, -0.2) is 29.9 Å². The van der Waals surface area contributed by atoms with Gasteiger partial charge >= 0.3 is 0 Å². The van der Waals surface area contributed by atoms with Crippen LogP contribution in [0.4, 0.5) is 5.69 Å². The summed E-state index contributed by atoms with van der Waals surface area (Å²) in [5, 5.41) is 3.38. The summed E-state index contributed by atoms with van der Waals surface area (Å²) in [5.74, 6) is 0.144. The molecule has 0 bridgehead atoms. The summed E-state index contributed by atoms with van der Waals surface area (Å²) >= 11 is 0. The number of hydrogen-bond donors (Lipinski definition) is 1. The number of nitrogens with zero attached hydrogens (tertiary/aromatic N) is 1. The highest BCUT2D eigenvalue weighted by molar-refractivity contribution is 5.99. The van der Waals surface area contributed by atoms with E-state index in [0.29, 0.717) is 12.1 Å². The molecule has 3 nitrogen and oxygen atoms in total. The Hall–Kier alpha value is -1.51. The number of anilines is 1. The number of carbonyl (C=O) groups excluding carboxylic acids is 1. The lowest BCUT2D eigenvalue weighted by molar-refractivity contribution is 0.0718. The van der Waals surface area contributed by atoms with Gasteiger partial charge in [-0.1, -0.05) is 37.8 Å². The third kappa shape index (κ3) is 4.23. The summed E-state index contributed by atoms with van der Waals surface area (Å²) in [6.45, 7) is 4.19. The third-order valence-electron chi connectivity index (χ3n) is 4.29. The van der Waals surface area contributed by atoms with Crippen LogP contribution in [0, 0.1) is 0 Å². The second-order valence-corrected chi connectivity index (χ2v) is 6.41. The molecular weight excluding hydrogens is 260 g/mol. The molecule has 1 aliphatic rings. The normalized spacial score (nSPS) is 16.6. The van der Waals surface area contributed by atoms with Crippen LogP contribution in [0.3, 0.4) is 0 Å². The Morgan fingerprint density at radius 2 is 1.76 bits per heavy atom. The fourth-order valence-electron chi connectivity index (χ4n) is 3.11. The van der Waals surface area contributed by atoms with Gasteiger partial charge in [0, 0.05) is 24.8 Å². The maximum Gasteiger partial charge on any atom is 0.255 e. The van der Waals surface area contributed by atoms with E-state index in [4.69, 9.17) is 0 Å². The van der Waals surface area contributed by atoms with Crippen molar-refractivity contribution >= 4 is 11.6 Å². The van der Waals surface area contributed by atoms with Gasteiger partial charge in [0.15, 0.2) is 0 Å². The van der Waals surface area contributed by atoms with Crippen molar-refractivity contribution in [2.24, 2.45) is 0 Å². The molecule has 1 fully saturated rings. The predicted octanol–water partition coefficient (Wildman–Crippen LogP) is 4.30. The highest BCUT2D eigenvalue weighted by Crippen LogP contribution is 2.24. The molecule has 21 heavy (non-hydrogen) atoms. The Balaban J connectivity index is 2.14. The number of carbonyl (C=O) groups is 1. The lowest BCUT2D eigenvalue weighted by Crippen LogP contribution is -2.37. The molecule has 1 aliphatic carbocycles. The van der Waals surface area contributed by atoms with Crippen LogP contribution in [0.2, 0.25) is 0 Å². The number of para-hydroxylation sites is 1. The second-order valence-electron chi connectivity index (χ2n) is 6.41. The van der Waals surface area contributed by atoms with Gasteiger partial charge in [-0.3, -0.25) is 4.79 Å². The van der Waals surface area contributed by atoms with Crippen molar-refractivity contribution in [3.05, 3.63) is 29.8 Å². The maximum atomic E-state index is 12.8. The van der Waals surface area contributed by atoms with Gasteiger partial charge in [0.25, 0.3) is 5.91 Å². The van der Waals surface area contributed by atoms with E-state index in [0.717, 1.165) is 24.1 Å². The molecule has 1 aromatic carbocycles. The molecule has 1 aromatic rings. The second kappa shape index (κ2) is 7.48. The highest BCUT2D eigenvalue weighted by atomic mass is 16.2. The molecular formula is C18H28N2O. The molecule has 0 spiro atoms. The number of hydrogen-bond acceptors (Lipinski definition) is 2. The first kappa shape index (κ1) is 15.9. The molecule has 2 rings (SSSR count). The van der Waals surface area contributed by atoms with Gasteiger partial charge < -0.3 is 10.2 Å². The van der Waals surface area contributed by atoms with E-state index in [1.54, 1.807) is 0 Å². The number of benzene rings is 1. The quantitative estimate of drug-likeness (QED) is 0.838. The monoisotopic (exact) mass is 288 g/mol. The van der Waals surface area contributed by atoms with Crippen molar-refractivity contribution in [3.8, 4) is 0 Å². The Morgan fingerprint density at radius 1 is 1.14 bits per heavy atom. The van der Waals surface area contributed by atoms with Crippen molar-refractivity contribution in [1.29, 1.82) is 0 Å². The minimum atomic E-state index is 0.144. The van der Waals surface area contributed by atoms with Crippen LogP contribution in [0.1, 0.15) is 62.7 Å². The van der Waals surface area contributed by atoms with Crippen LogP contribution >= 0.6 is 0 Å². The summed E-state index contributed by atoms with van der Waals surface area (Å²) < 4.78 is 0. The average molecular weight is 288 g/mol. The fraction of sp³-hybridized carbons (Fsp3) is 0.611. The van der Waals surface area contributed by atoms with Gasteiger partial charge in [0.2, 0.25) is 0 Å². The smallest absolute Gasteiger partial charge is 0.255 e. The van der Waals surface area contributed by atoms with Crippen LogP contribution in [-0.2, 0) is 0 Å². The molecule has 116 valence electrons. The number of rotatable bonds is 4. The van der Waals surface area contributed by atoms with Crippen LogP contribution < -0.4 is 5.32 Å². The third-order valence-corrected chi connectivity index (χ3v) is 4.29. The summed E-state index contributed by atoms with van der Waals surface area (Å²) in [6.07, 6.45) is 7.39. The average Bonchev–Trinajstić information content (AvgIpc) is 2.75. The van der Waals surface area contributed by atoms with Crippen molar-refractivity contribution in [3.63, 3.8) is 0 Å². The molecule has 0 aromatic heterocycles. The molecule has 0 heterocycles. The minimum Gasteiger partial charge on any atom is -0.382 e. The number of amides is 1. The standard InChI is InChI=1S/C18H28N2O/c1-14(2)19-17-13-9-8-12-16(17)18(21)20(3)15-10-6-4-5-7-11-15/h8-9,12-15,19H,4-7,10-11H2,1-3H3. The zero-order valence-corrected chi connectivity index (χ0v) is 13.6. The SMILES string of the molecule is CC(C)Nc1ccccc1C(=O)N(C)C1CCCCCC1. The minimum absolute atomic E-state index is 0.144. The van der Waals surface area contributed by atoms with Gasteiger partial charge in [-0.2, -0.15) is 0 Å². The van der Waals surface area contributed by atoms with Gasteiger partial charge in [-0.25, -0.2) is 0 Å². The van der Waals surface area contributed by atoms with E-state index in [-0.39, 0.29) is 5.91 Å². The summed E-state index contributed by atoms with van der Waals surface area (Å²) in [5.41, 5.74) is 1.73. The van der Waals surface area contributed by atoms with Crippen LogP contribution in [0.25, 0.3) is 0 Å². The topological polar surface area (TPSA) is 32.3 Å². The zero-order chi connectivity index (χ0) is 15.2. The van der Waals surface area contributed by atoms with E-state index in [1.807, 2.05) is 36.2 Å². The Kier molecular flexibility index (Phi) is 5.66. The van der Waals surface area contributed by atoms with Gasteiger partial charge in [-0.05, 0) is 38.8 Å². The van der Waals surface area contributed by atoms with E-state index < -0.39 is 0 Å². The predicted molar refractivity (Wildman–Crippen MR) is 88.8 cm³/mol. The summed E-state index contributed by atoms with van der Waals surface area (Å²) in [6, 6.07) is 8.57. The molecule has 1 amide bonds. The molecule has 1 saturated carbocycles. The largest absolute Gasteiger partial charge is 0.382 e. The molecule has 3 heteroatoms. The van der Waals surface area contributed by atoms with Crippen molar-refractivity contribution in [2.75, 3.05) is 12.4 Å². The van der Waals surface area contributed by atoms with E-state index >= 15 is 0 Å². The Labute approximate surface area is 128 Å². The Morgan fingerprint density at radius 3 is 2.38 bits per heavy atom. The van der Waals surface area contributed by atoms with Gasteiger partial charge in [0.05, 0.1) is 5.56 Å². The lowest BCUT2D eigenvalue weighted by Gasteiger charge is -2.28. The lowest BCUT2D eigenvalue weighted by atomic mass is 10.1. The Bertz CT molecular complexity index is 462. The van der Waals surface area contributed by atoms with Crippen molar-refractivity contribution in [2.45, 2.75) is 64.5 Å². The van der Waals surface area contributed by atoms with Crippen molar-refractivity contribution in [1.82, 2.24) is 4.90 Å². The molecule has 0 atom stereocenters. The zero-order valence-electron chi connectivity index (χ0n) is 13.6. The van der Waals surface area contributed by atoms with E-state index in [2.05, 4.69) is 19.2 Å². The first-order valence-corrected chi connectivity index (χ1v) is 8.22. The van der Waals surface area contributed by atoms with E-state index in [1.165, 1.54) is 25.7 Å². The summed E-state index contributed by atoms with van der Waals surface area (Å²) in [7, 11) is 1.96. The van der Waals surface area contributed by atoms with Crippen molar-refractivity contribution < 1.29 is 4.79 Å². The van der Waals surface area contributed by atoms with Crippen LogP contribution in [0.15, 0.2) is 24.3 Å². The summed E-state index contributed by atoms with van der Waals surface area (Å²) in [4.78, 5) is 14.8. The van der Waals surface area contributed by atoms with Gasteiger partial charge in [0.1, 0.15) is 0 Å². The molecule has 0 radical (unpaired) electrons. The molecule has 0 unspecified atom stereocenters. The maximum absolute atomic E-state index is 12.8.